The van der Waals surface area contributed by atoms with Gasteiger partial charge in [-0.15, -0.1) is 56.7 Å². The summed E-state index contributed by atoms with van der Waals surface area (Å²) in [6, 6.07) is 42.3. The Labute approximate surface area is 785 Å². The standard InChI is InChI=1S/C23H28N2OS.2C22H25NO2S.2C22H25NOS/c1-6-23(16-9-7-8-10-18(16)25(4)5)20-15(11-17-21(23)27-14-24-17)12-22(2,3)13-19(20)26;1-5-22(15-6-8-16(25-4)9-7-15)19-14(10-17-20(22)26-13-23-17)11-21(2,3)12-18(19)24;1-5-22(15-8-6-7-9-18(15)25-4)19-14(10-16-20(22)26-13-23-16)11-21(2,3)12-17(19)24;1-5-22(16-8-6-14(2)7-9-16)19-15(10-17-20(22)25-13-23-17)11-21(3,4)12-18(19)24;1-5-22(16-9-7-6-8-14(16)2)19-15(10-17-20(22)25-13-23-17)11-21(3,4)12-18(19)24/h7-10,14H,6,11-13H2,1-5H3;2*6-9,13H,5,10-12H2,1-4H3;2*6-9,13H,5,10-12H2,1-4H3. The molecule has 13 nitrogen and oxygen atoms in total. The Kier molecular flexibility index (Phi) is 25.5. The third kappa shape index (κ3) is 16.1. The average Bonchev–Trinajstić information content (AvgIpc) is 1.71. The van der Waals surface area contributed by atoms with Crippen LogP contribution in [0.5, 0.6) is 11.5 Å². The van der Waals surface area contributed by atoms with Crippen molar-refractivity contribution >= 4 is 91.3 Å². The third-order valence-electron chi connectivity index (χ3n) is 29.8. The van der Waals surface area contributed by atoms with Crippen molar-refractivity contribution in [1.82, 2.24) is 24.9 Å². The lowest BCUT2D eigenvalue weighted by Gasteiger charge is -2.45. The third-order valence-corrected chi connectivity index (χ3v) is 34.9. The molecule has 0 fully saturated rings. The predicted molar refractivity (Wildman–Crippen MR) is 529 cm³/mol. The lowest BCUT2D eigenvalue weighted by atomic mass is 9.58. The summed E-state index contributed by atoms with van der Waals surface area (Å²) in [5, 5.41) is 0. The number of ether oxygens (including phenoxy) is 2. The minimum absolute atomic E-state index is 0.0176. The van der Waals surface area contributed by atoms with E-state index in [4.69, 9.17) is 19.4 Å². The normalized spacial score (nSPS) is 24.4. The summed E-state index contributed by atoms with van der Waals surface area (Å²) in [5.74, 6) is 3.31. The van der Waals surface area contributed by atoms with Crippen molar-refractivity contribution < 1.29 is 33.4 Å². The molecule has 674 valence electrons. The molecular weight excluding hydrogens is 1690 g/mol. The Balaban J connectivity index is 0.000000118. The van der Waals surface area contributed by atoms with Gasteiger partial charge in [0, 0.05) is 142 Å². The van der Waals surface area contributed by atoms with Gasteiger partial charge in [-0.2, -0.15) is 0 Å². The van der Waals surface area contributed by atoms with Crippen LogP contribution in [0.15, 0.2) is 205 Å². The van der Waals surface area contributed by atoms with Crippen LogP contribution in [0, 0.1) is 40.9 Å². The Morgan fingerprint density at radius 1 is 0.318 bits per heavy atom. The number of carbonyl (C=O) groups excluding carboxylic acids is 5. The van der Waals surface area contributed by atoms with Crippen molar-refractivity contribution in [2.24, 2.45) is 27.1 Å². The molecule has 0 spiro atoms. The summed E-state index contributed by atoms with van der Waals surface area (Å²) < 4.78 is 11.1. The molecule has 10 aromatic rings. The molecule has 0 radical (unpaired) electrons. The van der Waals surface area contributed by atoms with E-state index >= 15 is 0 Å². The van der Waals surface area contributed by atoms with E-state index in [0.29, 0.717) is 61.0 Å². The maximum absolute atomic E-state index is 13.5. The number of benzene rings is 5. The number of fused-ring (bicyclic) bond motifs is 5. The first-order valence-electron chi connectivity index (χ1n) is 46.5. The van der Waals surface area contributed by atoms with Gasteiger partial charge in [0.25, 0.3) is 0 Å². The van der Waals surface area contributed by atoms with Gasteiger partial charge in [0.15, 0.2) is 28.9 Å². The monoisotopic (exact) mass is 1820 g/mol. The van der Waals surface area contributed by atoms with Gasteiger partial charge in [0.1, 0.15) is 11.5 Å². The number of Topliss-reactive ketones (excluding diaryl/α,β-unsaturated/α-hetero) is 5. The highest BCUT2D eigenvalue weighted by molar-refractivity contribution is 7.11. The highest BCUT2D eigenvalue weighted by atomic mass is 32.1. The number of anilines is 1. The second-order valence-corrected chi connectivity index (χ2v) is 46.2. The van der Waals surface area contributed by atoms with E-state index in [1.165, 1.54) is 108 Å². The summed E-state index contributed by atoms with van der Waals surface area (Å²) in [5.41, 5.74) is 35.4. The van der Waals surface area contributed by atoms with Crippen LogP contribution < -0.4 is 14.4 Å². The summed E-state index contributed by atoms with van der Waals surface area (Å²) in [4.78, 5) is 98.9. The minimum Gasteiger partial charge on any atom is -0.497 e. The maximum Gasteiger partial charge on any atom is 0.160 e. The van der Waals surface area contributed by atoms with Crippen molar-refractivity contribution in [2.75, 3.05) is 33.2 Å². The topological polar surface area (TPSA) is 172 Å². The van der Waals surface area contributed by atoms with Crippen LogP contribution in [0.25, 0.3) is 0 Å². The zero-order chi connectivity index (χ0) is 92.1. The Bertz CT molecular complexity index is 6240. The average molecular weight is 1820 g/mol. The number of aromatic nitrogens is 5. The van der Waals surface area contributed by atoms with Gasteiger partial charge in [-0.05, 0) is 157 Å². The van der Waals surface area contributed by atoms with Crippen LogP contribution in [0.1, 0.15) is 292 Å². The molecule has 18 heteroatoms. The molecule has 10 aliphatic rings. The van der Waals surface area contributed by atoms with E-state index in [1.54, 1.807) is 70.9 Å². The van der Waals surface area contributed by atoms with Crippen LogP contribution in [-0.2, 0) is 83.2 Å². The number of rotatable bonds is 13. The number of thiazole rings is 5. The summed E-state index contributed by atoms with van der Waals surface area (Å²) >= 11 is 8.52. The van der Waals surface area contributed by atoms with E-state index in [0.717, 1.165) is 153 Å². The van der Waals surface area contributed by atoms with Gasteiger partial charge >= 0.3 is 0 Å². The van der Waals surface area contributed by atoms with Gasteiger partial charge in [-0.1, -0.05) is 234 Å². The number of hydrogen-bond acceptors (Lipinski definition) is 18. The molecular formula is C111H128N6O7S5. The number of hydrogen-bond donors (Lipinski definition) is 0. The molecule has 5 heterocycles. The van der Waals surface area contributed by atoms with Crippen molar-refractivity contribution in [1.29, 1.82) is 0 Å². The number of aryl methyl sites for hydroxylation is 2. The highest BCUT2D eigenvalue weighted by Gasteiger charge is 2.57. The first-order valence-corrected chi connectivity index (χ1v) is 50.9. The first-order chi connectivity index (χ1) is 61.4. The molecule has 5 atom stereocenters. The van der Waals surface area contributed by atoms with Gasteiger partial charge in [0.2, 0.25) is 0 Å². The molecule has 0 amide bonds. The van der Waals surface area contributed by atoms with Crippen molar-refractivity contribution in [3.8, 4) is 11.5 Å². The van der Waals surface area contributed by atoms with Crippen LogP contribution in [0.2, 0.25) is 0 Å². The molecule has 5 unspecified atom stereocenters. The molecule has 0 saturated carbocycles. The Morgan fingerprint density at radius 3 is 0.899 bits per heavy atom. The Hall–Kier alpha value is -9.30. The molecule has 5 aromatic heterocycles. The minimum atomic E-state index is -0.440. The van der Waals surface area contributed by atoms with Crippen molar-refractivity contribution in [2.45, 2.75) is 273 Å². The van der Waals surface area contributed by atoms with Gasteiger partial charge < -0.3 is 14.4 Å². The molecule has 129 heavy (non-hydrogen) atoms. The van der Waals surface area contributed by atoms with Crippen molar-refractivity contribution in [3.05, 3.63) is 296 Å². The van der Waals surface area contributed by atoms with E-state index in [-0.39, 0.29) is 48.7 Å². The summed E-state index contributed by atoms with van der Waals surface area (Å²) in [6.07, 6.45) is 16.6. The molecule has 0 saturated heterocycles. The number of para-hydroxylation sites is 2. The van der Waals surface area contributed by atoms with Crippen LogP contribution >= 0.6 is 56.7 Å². The molecule has 20 rings (SSSR count). The van der Waals surface area contributed by atoms with E-state index < -0.39 is 5.41 Å². The maximum atomic E-state index is 13.5. The number of ketones is 5. The van der Waals surface area contributed by atoms with E-state index in [2.05, 4.69) is 243 Å². The van der Waals surface area contributed by atoms with Gasteiger partial charge in [0.05, 0.1) is 97.3 Å². The zero-order valence-corrected chi connectivity index (χ0v) is 83.7. The fourth-order valence-corrected chi connectivity index (χ4v) is 30.5. The van der Waals surface area contributed by atoms with E-state index in [9.17, 15) is 24.0 Å². The first kappa shape index (κ1) is 93.0. The SMILES string of the molecule is CCC1(c2ccc(C)cc2)C2=C(Cc3ncsc31)CC(C)(C)CC2=O.CCC1(c2ccc(OC)cc2)C2=C(Cc3ncsc31)CC(C)(C)CC2=O.CCC1(c2ccccc2C)C2=C(Cc3ncsc31)CC(C)(C)CC2=O.CCC1(c2ccccc2N(C)C)C2=C(Cc3ncsc31)CC(C)(C)CC2=O.CCC1(c2ccccc2OC)C2=C(Cc3ncsc31)CC(C)(C)CC2=O. The number of carbonyl (C=O) groups is 5. The quantitative estimate of drug-likeness (QED) is 0.107. The summed E-state index contributed by atoms with van der Waals surface area (Å²) in [7, 11) is 7.55. The summed E-state index contributed by atoms with van der Waals surface area (Å²) in [6.45, 7) is 37.4. The zero-order valence-electron chi connectivity index (χ0n) is 79.7. The second kappa shape index (κ2) is 35.3. The van der Waals surface area contributed by atoms with Crippen LogP contribution in [0.3, 0.4) is 0 Å². The molecule has 0 bridgehead atoms. The van der Waals surface area contributed by atoms with Crippen LogP contribution in [0.4, 0.5) is 5.69 Å². The number of nitrogens with zero attached hydrogens (tertiary/aromatic N) is 6. The van der Waals surface area contributed by atoms with E-state index in [1.807, 2.05) is 57.9 Å². The van der Waals surface area contributed by atoms with Gasteiger partial charge in [-0.3, -0.25) is 24.0 Å². The van der Waals surface area contributed by atoms with Gasteiger partial charge in [-0.25, -0.2) is 24.9 Å². The molecule has 10 aliphatic carbocycles. The number of methoxy groups -OCH3 is 2. The second-order valence-electron chi connectivity index (χ2n) is 41.9. The largest absolute Gasteiger partial charge is 0.497 e. The molecule has 0 N–H and O–H groups in total. The molecule has 5 aromatic carbocycles. The fraction of sp³-hybridized carbons (Fsp3) is 0.459. The Morgan fingerprint density at radius 2 is 0.589 bits per heavy atom. The smallest absolute Gasteiger partial charge is 0.160 e. The number of allylic oxidation sites excluding steroid dienone is 10. The fourth-order valence-electron chi connectivity index (χ4n) is 25.0. The molecule has 0 aliphatic heterocycles. The van der Waals surface area contributed by atoms with Crippen LogP contribution in [-0.4, -0.2) is 82.2 Å². The highest BCUT2D eigenvalue weighted by Crippen LogP contribution is 2.63. The lowest BCUT2D eigenvalue weighted by Crippen LogP contribution is -2.42. The lowest BCUT2D eigenvalue weighted by molar-refractivity contribution is -0.119. The van der Waals surface area contributed by atoms with Crippen molar-refractivity contribution in [3.63, 3.8) is 0 Å². The predicted octanol–water partition coefficient (Wildman–Crippen LogP) is 26.1.